The lowest BCUT2D eigenvalue weighted by molar-refractivity contribution is 0.430. The second kappa shape index (κ2) is 22.4. The Morgan fingerprint density at radius 2 is 0.875 bits per heavy atom. The molecule has 0 aliphatic heterocycles. The number of ether oxygens (including phenoxy) is 1. The van der Waals surface area contributed by atoms with E-state index in [9.17, 15) is 0 Å². The number of unbranched alkanes of at least 4 members (excludes halogenated alkanes) is 18. The molecule has 0 rings (SSSR count). The Balaban J connectivity index is 2.98. The van der Waals surface area contributed by atoms with Gasteiger partial charge < -0.3 is 4.74 Å². The van der Waals surface area contributed by atoms with Crippen molar-refractivity contribution < 1.29 is 4.74 Å². The summed E-state index contributed by atoms with van der Waals surface area (Å²) in [7, 11) is 3.23. The van der Waals surface area contributed by atoms with Crippen LogP contribution in [0.25, 0.3) is 0 Å². The third-order valence-electron chi connectivity index (χ3n) is 4.80. The zero-order valence-electron chi connectivity index (χ0n) is 16.6. The maximum absolute atomic E-state index is 4.47. The van der Waals surface area contributed by atoms with Gasteiger partial charge in [0, 0.05) is 6.42 Å². The molecule has 0 atom stereocenters. The lowest BCUT2D eigenvalue weighted by atomic mass is 10.0. The average molecular weight is 336 g/mol. The van der Waals surface area contributed by atoms with E-state index in [-0.39, 0.29) is 0 Å². The first-order valence-electron chi connectivity index (χ1n) is 10.8. The minimum absolute atomic E-state index is 0.953. The highest BCUT2D eigenvalue weighted by Gasteiger charge is 1.94. The van der Waals surface area contributed by atoms with E-state index < -0.39 is 0 Å². The van der Waals surface area contributed by atoms with Crippen molar-refractivity contribution in [2.24, 2.45) is 0 Å². The van der Waals surface area contributed by atoms with Crippen LogP contribution in [0.2, 0.25) is 0 Å². The highest BCUT2D eigenvalue weighted by Crippen LogP contribution is 2.14. The van der Waals surface area contributed by atoms with Gasteiger partial charge in [-0.3, -0.25) is 0 Å². The Morgan fingerprint density at radius 3 is 1.21 bits per heavy atom. The predicted molar refractivity (Wildman–Crippen MR) is 108 cm³/mol. The molecule has 0 amide bonds. The van der Waals surface area contributed by atoms with Crippen molar-refractivity contribution in [2.75, 3.05) is 0 Å². The summed E-state index contributed by atoms with van der Waals surface area (Å²) in [5, 5.41) is 0. The molecule has 0 saturated carbocycles. The third kappa shape index (κ3) is 21.4. The van der Waals surface area contributed by atoms with Gasteiger partial charge in [-0.05, 0) is 6.42 Å². The van der Waals surface area contributed by atoms with Gasteiger partial charge in [-0.2, -0.15) is 0 Å². The molecule has 0 unspecified atom stereocenters. The summed E-state index contributed by atoms with van der Waals surface area (Å²) >= 11 is 0. The number of hydrogen-bond donors (Lipinski definition) is 0. The Morgan fingerprint density at radius 1 is 0.542 bits per heavy atom. The molecule has 24 heavy (non-hydrogen) atoms. The molecule has 0 bridgehead atoms. The van der Waals surface area contributed by atoms with Crippen LogP contribution in [-0.2, 0) is 4.74 Å². The first-order valence-corrected chi connectivity index (χ1v) is 10.8. The van der Waals surface area contributed by atoms with Gasteiger partial charge in [0.05, 0.1) is 0 Å². The molecule has 0 heterocycles. The van der Waals surface area contributed by atoms with Crippen LogP contribution in [-0.4, -0.2) is 0 Å². The second-order valence-electron chi connectivity index (χ2n) is 7.18. The summed E-state index contributed by atoms with van der Waals surface area (Å²) in [6.07, 6.45) is 29.1. The van der Waals surface area contributed by atoms with E-state index in [1.807, 2.05) is 0 Å². The summed E-state index contributed by atoms with van der Waals surface area (Å²) in [5.41, 5.74) is 0. The van der Waals surface area contributed by atoms with Crippen molar-refractivity contribution in [3.63, 3.8) is 0 Å². The molecule has 1 heteroatoms. The van der Waals surface area contributed by atoms with Gasteiger partial charge in [0.25, 0.3) is 0 Å². The largest absolute Gasteiger partial charge is 0.443 e. The Hall–Kier alpha value is -0.640. The monoisotopic (exact) mass is 335 g/mol. The lowest BCUT2D eigenvalue weighted by Crippen LogP contribution is -1.84. The van der Waals surface area contributed by atoms with E-state index in [4.69, 9.17) is 0 Å². The van der Waals surface area contributed by atoms with Gasteiger partial charge in [0.2, 0.25) is 0 Å². The zero-order chi connectivity index (χ0) is 17.6. The minimum Gasteiger partial charge on any atom is -0.443 e. The van der Waals surface area contributed by atoms with E-state index in [1.54, 1.807) is 0 Å². The summed E-state index contributed by atoms with van der Waals surface area (Å²) in [4.78, 5) is 0. The first kappa shape index (κ1) is 23.4. The normalized spacial score (nSPS) is 10.4. The van der Waals surface area contributed by atoms with Gasteiger partial charge in [0.15, 0.2) is 0 Å². The predicted octanol–water partition coefficient (Wildman–Crippen LogP) is 8.19. The molecule has 1 radical (unpaired) electrons. The number of rotatable bonds is 18. The Kier molecular flexibility index (Phi) is 21.8. The molecule has 0 fully saturated rings. The van der Waals surface area contributed by atoms with Crippen molar-refractivity contribution in [2.45, 2.75) is 129 Å². The smallest absolute Gasteiger partial charge is 0.135 e. The van der Waals surface area contributed by atoms with Crippen LogP contribution < -0.4 is 0 Å². The molecule has 0 spiro atoms. The molecule has 0 aromatic carbocycles. The Bertz CT molecular complexity index is 273. The summed E-state index contributed by atoms with van der Waals surface area (Å²) in [5.74, 6) is 2.95. The van der Waals surface area contributed by atoms with Crippen LogP contribution >= 0.6 is 0 Å². The van der Waals surface area contributed by atoms with Crippen molar-refractivity contribution in [1.29, 1.82) is 0 Å². The summed E-state index contributed by atoms with van der Waals surface area (Å²) in [6.45, 7) is 2.29. The summed E-state index contributed by atoms with van der Waals surface area (Å²) in [6, 6.07) is 0. The zero-order valence-corrected chi connectivity index (χ0v) is 16.6. The molecule has 0 aromatic heterocycles. The SMILES string of the molecule is [CH2]OC#CCCCCCCCCCCCCCCCCCCCC. The fraction of sp³-hybridized carbons (Fsp3) is 0.870. The van der Waals surface area contributed by atoms with Crippen LogP contribution in [0.3, 0.4) is 0 Å². The van der Waals surface area contributed by atoms with Crippen LogP contribution in [0.1, 0.15) is 129 Å². The molecule has 0 aromatic rings. The standard InChI is InChI=1S/C23H43O/c1-3-4-5-6-7-8-9-10-11-12-13-14-15-16-17-18-19-20-21-22-23-24-2/h2-21H2,1H3. The van der Waals surface area contributed by atoms with Crippen LogP contribution in [0, 0.1) is 19.1 Å². The first-order chi connectivity index (χ1) is 11.9. The average Bonchev–Trinajstić information content (AvgIpc) is 2.60. The maximum Gasteiger partial charge on any atom is 0.135 e. The van der Waals surface area contributed by atoms with E-state index in [0.717, 1.165) is 6.42 Å². The molecule has 0 aliphatic carbocycles. The van der Waals surface area contributed by atoms with Crippen molar-refractivity contribution in [1.82, 2.24) is 0 Å². The topological polar surface area (TPSA) is 9.23 Å². The highest BCUT2D eigenvalue weighted by molar-refractivity contribution is 4.90. The molecular weight excluding hydrogens is 292 g/mol. The van der Waals surface area contributed by atoms with Crippen molar-refractivity contribution >= 4 is 0 Å². The minimum atomic E-state index is 0.953. The van der Waals surface area contributed by atoms with E-state index in [1.165, 1.54) is 116 Å². The third-order valence-corrected chi connectivity index (χ3v) is 4.80. The molecule has 0 saturated heterocycles. The van der Waals surface area contributed by atoms with Gasteiger partial charge in [-0.1, -0.05) is 122 Å². The highest BCUT2D eigenvalue weighted by atomic mass is 16.5. The fourth-order valence-corrected chi connectivity index (χ4v) is 3.22. The van der Waals surface area contributed by atoms with Crippen LogP contribution in [0.5, 0.6) is 0 Å². The summed E-state index contributed by atoms with van der Waals surface area (Å²) < 4.78 is 4.47. The molecule has 0 aliphatic rings. The van der Waals surface area contributed by atoms with E-state index >= 15 is 0 Å². The second-order valence-corrected chi connectivity index (χ2v) is 7.18. The lowest BCUT2D eigenvalue weighted by Gasteiger charge is -2.03. The molecule has 0 N–H and O–H groups in total. The van der Waals surface area contributed by atoms with Gasteiger partial charge in [0.1, 0.15) is 13.2 Å². The van der Waals surface area contributed by atoms with Gasteiger partial charge in [-0.15, -0.1) is 0 Å². The number of hydrogen-bond acceptors (Lipinski definition) is 1. The van der Waals surface area contributed by atoms with Crippen molar-refractivity contribution in [3.8, 4) is 12.0 Å². The van der Waals surface area contributed by atoms with E-state index in [2.05, 4.69) is 30.8 Å². The molecular formula is C23H43O. The van der Waals surface area contributed by atoms with Crippen LogP contribution in [0.4, 0.5) is 0 Å². The Labute approximate surface area is 153 Å². The maximum atomic E-state index is 4.47. The fourth-order valence-electron chi connectivity index (χ4n) is 3.22. The van der Waals surface area contributed by atoms with Gasteiger partial charge >= 0.3 is 0 Å². The van der Waals surface area contributed by atoms with E-state index in [0.29, 0.717) is 0 Å². The van der Waals surface area contributed by atoms with Gasteiger partial charge in [-0.25, -0.2) is 0 Å². The van der Waals surface area contributed by atoms with Crippen LogP contribution in [0.15, 0.2) is 0 Å². The molecule has 141 valence electrons. The van der Waals surface area contributed by atoms with Crippen molar-refractivity contribution in [3.05, 3.63) is 7.11 Å². The molecule has 1 nitrogen and oxygen atoms in total. The quantitative estimate of drug-likeness (QED) is 0.181.